The monoisotopic (exact) mass is 280 g/mol. The van der Waals surface area contributed by atoms with Gasteiger partial charge in [0.25, 0.3) is 0 Å². The van der Waals surface area contributed by atoms with Gasteiger partial charge in [0, 0.05) is 39.3 Å². The summed E-state index contributed by atoms with van der Waals surface area (Å²) < 4.78 is 13.3. The summed E-state index contributed by atoms with van der Waals surface area (Å²) in [5, 5.41) is 9.84. The van der Waals surface area contributed by atoms with Crippen LogP contribution in [0.4, 0.5) is 4.39 Å². The molecule has 0 spiro atoms. The van der Waals surface area contributed by atoms with Crippen LogP contribution in [-0.4, -0.2) is 53.2 Å². The van der Waals surface area contributed by atoms with E-state index in [1.54, 1.807) is 6.07 Å². The molecule has 4 heteroatoms. The molecule has 1 heterocycles. The minimum Gasteiger partial charge on any atom is -0.389 e. The molecule has 1 fully saturated rings. The lowest BCUT2D eigenvalue weighted by molar-refractivity contribution is 0.0166. The molecule has 1 aliphatic rings. The van der Waals surface area contributed by atoms with Crippen LogP contribution in [0, 0.1) is 12.7 Å². The fraction of sp³-hybridized carbons (Fsp3) is 0.625. The minimum absolute atomic E-state index is 0.161. The Balaban J connectivity index is 1.87. The number of rotatable bonds is 4. The zero-order valence-corrected chi connectivity index (χ0v) is 12.7. The van der Waals surface area contributed by atoms with E-state index in [4.69, 9.17) is 0 Å². The Labute approximate surface area is 121 Å². The molecule has 0 saturated carbocycles. The van der Waals surface area contributed by atoms with E-state index in [-0.39, 0.29) is 5.82 Å². The summed E-state index contributed by atoms with van der Waals surface area (Å²) >= 11 is 0. The first-order chi connectivity index (χ1) is 9.33. The first-order valence-electron chi connectivity index (χ1n) is 7.26. The Morgan fingerprint density at radius 3 is 2.35 bits per heavy atom. The van der Waals surface area contributed by atoms with Gasteiger partial charge >= 0.3 is 0 Å². The summed E-state index contributed by atoms with van der Waals surface area (Å²) in [7, 11) is 0. The van der Waals surface area contributed by atoms with Crippen LogP contribution in [0.15, 0.2) is 18.2 Å². The second-order valence-corrected chi connectivity index (χ2v) is 6.44. The molecule has 1 N–H and O–H groups in total. The van der Waals surface area contributed by atoms with Crippen LogP contribution in [-0.2, 0) is 6.54 Å². The third-order valence-corrected chi connectivity index (χ3v) is 3.78. The number of halogens is 1. The van der Waals surface area contributed by atoms with Crippen molar-refractivity contribution in [3.8, 4) is 0 Å². The first kappa shape index (κ1) is 15.4. The lowest BCUT2D eigenvalue weighted by Gasteiger charge is -2.37. The molecule has 0 unspecified atom stereocenters. The lowest BCUT2D eigenvalue weighted by atomic mass is 10.1. The van der Waals surface area contributed by atoms with E-state index >= 15 is 0 Å². The van der Waals surface area contributed by atoms with Gasteiger partial charge in [0.1, 0.15) is 5.82 Å². The van der Waals surface area contributed by atoms with Crippen molar-refractivity contribution in [1.29, 1.82) is 0 Å². The van der Waals surface area contributed by atoms with E-state index in [9.17, 15) is 9.50 Å². The first-order valence-corrected chi connectivity index (χ1v) is 7.26. The van der Waals surface area contributed by atoms with E-state index in [2.05, 4.69) is 9.80 Å². The van der Waals surface area contributed by atoms with Crippen LogP contribution in [0.3, 0.4) is 0 Å². The molecule has 1 aromatic rings. The number of benzene rings is 1. The van der Waals surface area contributed by atoms with Crippen molar-refractivity contribution in [1.82, 2.24) is 9.80 Å². The highest BCUT2D eigenvalue weighted by Gasteiger charge is 2.22. The van der Waals surface area contributed by atoms with Gasteiger partial charge in [-0.05, 0) is 44.0 Å². The van der Waals surface area contributed by atoms with Gasteiger partial charge in [-0.3, -0.25) is 9.80 Å². The molecule has 0 atom stereocenters. The zero-order valence-electron chi connectivity index (χ0n) is 12.7. The molecule has 0 aliphatic carbocycles. The Morgan fingerprint density at radius 1 is 1.15 bits per heavy atom. The van der Waals surface area contributed by atoms with Crippen molar-refractivity contribution < 1.29 is 9.50 Å². The van der Waals surface area contributed by atoms with Gasteiger partial charge < -0.3 is 5.11 Å². The molecule has 0 aromatic heterocycles. The molecular weight excluding hydrogens is 255 g/mol. The van der Waals surface area contributed by atoms with E-state index in [0.717, 1.165) is 43.9 Å². The Bertz CT molecular complexity index is 448. The van der Waals surface area contributed by atoms with Crippen molar-refractivity contribution in [3.05, 3.63) is 35.1 Å². The van der Waals surface area contributed by atoms with Gasteiger partial charge in [0.2, 0.25) is 0 Å². The molecule has 0 radical (unpaired) electrons. The molecular formula is C16H25FN2O. The van der Waals surface area contributed by atoms with E-state index in [1.165, 1.54) is 6.07 Å². The van der Waals surface area contributed by atoms with E-state index < -0.39 is 5.60 Å². The van der Waals surface area contributed by atoms with Gasteiger partial charge in [0.15, 0.2) is 0 Å². The maximum atomic E-state index is 13.3. The summed E-state index contributed by atoms with van der Waals surface area (Å²) in [5.41, 5.74) is 1.58. The normalized spacial score (nSPS) is 18.4. The van der Waals surface area contributed by atoms with Crippen molar-refractivity contribution in [2.24, 2.45) is 0 Å². The Hall–Kier alpha value is -0.970. The number of hydrogen-bond donors (Lipinski definition) is 1. The van der Waals surface area contributed by atoms with Crippen LogP contribution in [0.1, 0.15) is 25.0 Å². The average Bonchev–Trinajstić information content (AvgIpc) is 2.34. The van der Waals surface area contributed by atoms with Crippen molar-refractivity contribution in [2.75, 3.05) is 32.7 Å². The molecule has 1 aliphatic heterocycles. The standard InChI is InChI=1S/C16H25FN2O/c1-13-4-5-15(17)10-14(13)11-18-6-8-19(9-7-18)12-16(2,3)20/h4-5,10,20H,6-9,11-12H2,1-3H3. The molecule has 20 heavy (non-hydrogen) atoms. The number of hydrogen-bond acceptors (Lipinski definition) is 3. The number of piperazine rings is 1. The SMILES string of the molecule is Cc1ccc(F)cc1CN1CCN(CC(C)(C)O)CC1. The third kappa shape index (κ3) is 4.54. The Morgan fingerprint density at radius 2 is 1.75 bits per heavy atom. The highest BCUT2D eigenvalue weighted by molar-refractivity contribution is 5.26. The fourth-order valence-corrected chi connectivity index (χ4v) is 2.70. The minimum atomic E-state index is -0.638. The van der Waals surface area contributed by atoms with Crippen LogP contribution < -0.4 is 0 Å². The molecule has 0 amide bonds. The predicted octanol–water partition coefficient (Wildman–Crippen LogP) is 2.02. The maximum absolute atomic E-state index is 13.3. The Kier molecular flexibility index (Phi) is 4.78. The second kappa shape index (κ2) is 6.20. The highest BCUT2D eigenvalue weighted by Crippen LogP contribution is 2.15. The van der Waals surface area contributed by atoms with Gasteiger partial charge in [-0.2, -0.15) is 0 Å². The molecule has 3 nitrogen and oxygen atoms in total. The van der Waals surface area contributed by atoms with Gasteiger partial charge in [0.05, 0.1) is 5.60 Å². The second-order valence-electron chi connectivity index (χ2n) is 6.44. The smallest absolute Gasteiger partial charge is 0.123 e. The largest absolute Gasteiger partial charge is 0.389 e. The van der Waals surface area contributed by atoms with E-state index in [1.807, 2.05) is 26.8 Å². The highest BCUT2D eigenvalue weighted by atomic mass is 19.1. The fourth-order valence-electron chi connectivity index (χ4n) is 2.70. The van der Waals surface area contributed by atoms with Crippen LogP contribution in [0.5, 0.6) is 0 Å². The maximum Gasteiger partial charge on any atom is 0.123 e. The summed E-state index contributed by atoms with van der Waals surface area (Å²) in [6.45, 7) is 11.1. The van der Waals surface area contributed by atoms with Crippen molar-refractivity contribution in [3.63, 3.8) is 0 Å². The quantitative estimate of drug-likeness (QED) is 0.914. The third-order valence-electron chi connectivity index (χ3n) is 3.78. The van der Waals surface area contributed by atoms with Crippen LogP contribution in [0.2, 0.25) is 0 Å². The predicted molar refractivity (Wildman–Crippen MR) is 79.2 cm³/mol. The van der Waals surface area contributed by atoms with Gasteiger partial charge in [-0.25, -0.2) is 4.39 Å². The van der Waals surface area contributed by atoms with Gasteiger partial charge in [-0.1, -0.05) is 6.07 Å². The van der Waals surface area contributed by atoms with Crippen LogP contribution >= 0.6 is 0 Å². The summed E-state index contributed by atoms with van der Waals surface area (Å²) in [6.07, 6.45) is 0. The van der Waals surface area contributed by atoms with Crippen molar-refractivity contribution >= 4 is 0 Å². The molecule has 2 rings (SSSR count). The zero-order chi connectivity index (χ0) is 14.8. The molecule has 1 aromatic carbocycles. The number of aryl methyl sites for hydroxylation is 1. The summed E-state index contributed by atoms with van der Waals surface area (Å²) in [4.78, 5) is 4.64. The number of β-amino-alcohol motifs (C(OH)–C–C–N with tert-alkyl or cyclic N) is 1. The molecule has 0 bridgehead atoms. The lowest BCUT2D eigenvalue weighted by Crippen LogP contribution is -2.50. The molecule has 1 saturated heterocycles. The number of aliphatic hydroxyl groups is 1. The topological polar surface area (TPSA) is 26.7 Å². The summed E-state index contributed by atoms with van der Waals surface area (Å²) in [5.74, 6) is -0.161. The van der Waals surface area contributed by atoms with Crippen molar-refractivity contribution in [2.45, 2.75) is 32.9 Å². The number of nitrogens with zero attached hydrogens (tertiary/aromatic N) is 2. The molecule has 112 valence electrons. The van der Waals surface area contributed by atoms with Crippen LogP contribution in [0.25, 0.3) is 0 Å². The average molecular weight is 280 g/mol. The summed E-state index contributed by atoms with van der Waals surface area (Å²) in [6, 6.07) is 4.99. The van der Waals surface area contributed by atoms with Gasteiger partial charge in [-0.15, -0.1) is 0 Å². The van der Waals surface area contributed by atoms with E-state index in [0.29, 0.717) is 6.54 Å².